The van der Waals surface area contributed by atoms with Crippen LogP contribution in [0.25, 0.3) is 0 Å². The second kappa shape index (κ2) is 6.14. The molecule has 3 rings (SSSR count). The summed E-state index contributed by atoms with van der Waals surface area (Å²) in [5.41, 5.74) is 3.14. The Morgan fingerprint density at radius 3 is 2.14 bits per heavy atom. The van der Waals surface area contributed by atoms with Crippen molar-refractivity contribution >= 4 is 11.4 Å². The van der Waals surface area contributed by atoms with Crippen molar-refractivity contribution in [3.8, 4) is 0 Å². The first-order valence-electron chi connectivity index (χ1n) is 7.22. The van der Waals surface area contributed by atoms with Crippen LogP contribution in [-0.2, 0) is 6.61 Å². The fourth-order valence-corrected chi connectivity index (χ4v) is 2.81. The van der Waals surface area contributed by atoms with Gasteiger partial charge in [0, 0.05) is 43.1 Å². The van der Waals surface area contributed by atoms with Gasteiger partial charge in [0.2, 0.25) is 0 Å². The van der Waals surface area contributed by atoms with Gasteiger partial charge in [-0.1, -0.05) is 18.2 Å². The summed E-state index contributed by atoms with van der Waals surface area (Å²) in [5.74, 6) is -0.200. The number of aliphatic hydroxyl groups excluding tert-OH is 1. The van der Waals surface area contributed by atoms with Gasteiger partial charge in [0.1, 0.15) is 5.82 Å². The van der Waals surface area contributed by atoms with Gasteiger partial charge in [0.25, 0.3) is 0 Å². The third-order valence-corrected chi connectivity index (χ3v) is 3.97. The molecule has 3 nitrogen and oxygen atoms in total. The van der Waals surface area contributed by atoms with Crippen molar-refractivity contribution in [2.24, 2.45) is 0 Å². The molecule has 2 aromatic carbocycles. The van der Waals surface area contributed by atoms with Crippen LogP contribution in [0.2, 0.25) is 0 Å². The van der Waals surface area contributed by atoms with Crippen LogP contribution in [0.5, 0.6) is 0 Å². The maximum atomic E-state index is 13.0. The maximum absolute atomic E-state index is 13.0. The zero-order valence-corrected chi connectivity index (χ0v) is 11.9. The molecule has 1 aliphatic heterocycles. The summed E-state index contributed by atoms with van der Waals surface area (Å²) in [6.07, 6.45) is 0. The van der Waals surface area contributed by atoms with Crippen molar-refractivity contribution in [1.29, 1.82) is 0 Å². The summed E-state index contributed by atoms with van der Waals surface area (Å²) in [5, 5.41) is 9.43. The van der Waals surface area contributed by atoms with E-state index in [1.165, 1.54) is 12.1 Å². The van der Waals surface area contributed by atoms with Gasteiger partial charge in [-0.15, -0.1) is 0 Å². The Morgan fingerprint density at radius 1 is 0.857 bits per heavy atom. The Morgan fingerprint density at radius 2 is 1.48 bits per heavy atom. The molecule has 0 radical (unpaired) electrons. The molecule has 4 heteroatoms. The highest BCUT2D eigenvalue weighted by Crippen LogP contribution is 2.24. The molecule has 1 fully saturated rings. The summed E-state index contributed by atoms with van der Waals surface area (Å²) >= 11 is 0. The average Bonchev–Trinajstić information content (AvgIpc) is 2.56. The number of rotatable bonds is 3. The predicted molar refractivity (Wildman–Crippen MR) is 83.2 cm³/mol. The normalized spacial score (nSPS) is 15.3. The molecule has 0 aliphatic carbocycles. The second-order valence-corrected chi connectivity index (χ2v) is 5.24. The average molecular weight is 286 g/mol. The first-order chi connectivity index (χ1) is 10.3. The number of anilines is 2. The highest BCUT2D eigenvalue weighted by molar-refractivity contribution is 5.55. The molecular weight excluding hydrogens is 267 g/mol. The van der Waals surface area contributed by atoms with Gasteiger partial charge in [-0.2, -0.15) is 0 Å². The topological polar surface area (TPSA) is 26.7 Å². The van der Waals surface area contributed by atoms with Gasteiger partial charge in [0.15, 0.2) is 0 Å². The molecule has 1 aliphatic rings. The number of hydrogen-bond acceptors (Lipinski definition) is 3. The third kappa shape index (κ3) is 3.00. The van der Waals surface area contributed by atoms with Crippen molar-refractivity contribution < 1.29 is 9.50 Å². The van der Waals surface area contributed by atoms with Crippen LogP contribution in [0.15, 0.2) is 48.5 Å². The number of hydrogen-bond donors (Lipinski definition) is 1. The largest absolute Gasteiger partial charge is 0.392 e. The molecule has 0 spiro atoms. The zero-order chi connectivity index (χ0) is 14.7. The van der Waals surface area contributed by atoms with Crippen molar-refractivity contribution in [1.82, 2.24) is 0 Å². The summed E-state index contributed by atoms with van der Waals surface area (Å²) in [6.45, 7) is 3.65. The third-order valence-electron chi connectivity index (χ3n) is 3.97. The van der Waals surface area contributed by atoms with E-state index in [1.807, 2.05) is 30.3 Å². The van der Waals surface area contributed by atoms with Gasteiger partial charge in [-0.25, -0.2) is 4.39 Å². The molecule has 0 aromatic heterocycles. The lowest BCUT2D eigenvalue weighted by molar-refractivity contribution is 0.282. The predicted octanol–water partition coefficient (Wildman–Crippen LogP) is 2.64. The van der Waals surface area contributed by atoms with Crippen molar-refractivity contribution in [2.75, 3.05) is 36.0 Å². The molecule has 1 heterocycles. The van der Waals surface area contributed by atoms with E-state index in [0.29, 0.717) is 0 Å². The summed E-state index contributed by atoms with van der Waals surface area (Å²) in [6, 6.07) is 14.6. The quantitative estimate of drug-likeness (QED) is 0.939. The monoisotopic (exact) mass is 286 g/mol. The Balaban J connectivity index is 1.69. The molecule has 0 bridgehead atoms. The van der Waals surface area contributed by atoms with E-state index in [-0.39, 0.29) is 12.4 Å². The van der Waals surface area contributed by atoms with Gasteiger partial charge >= 0.3 is 0 Å². The number of piperazine rings is 1. The number of aliphatic hydroxyl groups is 1. The number of nitrogens with zero attached hydrogens (tertiary/aromatic N) is 2. The van der Waals surface area contributed by atoms with E-state index in [2.05, 4.69) is 15.9 Å². The first kappa shape index (κ1) is 13.9. The lowest BCUT2D eigenvalue weighted by Gasteiger charge is -2.38. The SMILES string of the molecule is OCc1ccccc1N1CCN(c2ccc(F)cc2)CC1. The fraction of sp³-hybridized carbons (Fsp3) is 0.294. The zero-order valence-electron chi connectivity index (χ0n) is 11.9. The lowest BCUT2D eigenvalue weighted by Crippen LogP contribution is -2.46. The van der Waals surface area contributed by atoms with Crippen LogP contribution in [0.1, 0.15) is 5.56 Å². The summed E-state index contributed by atoms with van der Waals surface area (Å²) in [7, 11) is 0. The first-order valence-corrected chi connectivity index (χ1v) is 7.22. The van der Waals surface area contributed by atoms with E-state index in [9.17, 15) is 9.50 Å². The number of halogens is 1. The summed E-state index contributed by atoms with van der Waals surface area (Å²) in [4.78, 5) is 4.56. The van der Waals surface area contributed by atoms with Crippen molar-refractivity contribution in [3.63, 3.8) is 0 Å². The highest BCUT2D eigenvalue weighted by atomic mass is 19.1. The van der Waals surface area contributed by atoms with Crippen LogP contribution in [0.4, 0.5) is 15.8 Å². The van der Waals surface area contributed by atoms with Crippen LogP contribution >= 0.6 is 0 Å². The van der Waals surface area contributed by atoms with Crippen molar-refractivity contribution in [2.45, 2.75) is 6.61 Å². The lowest BCUT2D eigenvalue weighted by atomic mass is 10.1. The molecule has 1 saturated heterocycles. The van der Waals surface area contributed by atoms with Gasteiger partial charge in [-0.05, 0) is 30.3 Å². The van der Waals surface area contributed by atoms with E-state index < -0.39 is 0 Å². The van der Waals surface area contributed by atoms with Crippen LogP contribution in [0, 0.1) is 5.82 Å². The number of para-hydroxylation sites is 1. The molecule has 0 atom stereocenters. The van der Waals surface area contributed by atoms with E-state index in [4.69, 9.17) is 0 Å². The molecule has 21 heavy (non-hydrogen) atoms. The Kier molecular flexibility index (Phi) is 4.06. The van der Waals surface area contributed by atoms with E-state index in [1.54, 1.807) is 0 Å². The van der Waals surface area contributed by atoms with Crippen LogP contribution < -0.4 is 9.80 Å². The molecular formula is C17H19FN2O. The van der Waals surface area contributed by atoms with Crippen LogP contribution in [0.3, 0.4) is 0 Å². The standard InChI is InChI=1S/C17H19FN2O/c18-15-5-7-16(8-6-15)19-9-11-20(12-10-19)17-4-2-1-3-14(17)13-21/h1-8,21H,9-13H2. The maximum Gasteiger partial charge on any atom is 0.123 e. The molecule has 0 amide bonds. The molecule has 0 saturated carbocycles. The molecule has 1 N–H and O–H groups in total. The molecule has 110 valence electrons. The van der Waals surface area contributed by atoms with Crippen LogP contribution in [-0.4, -0.2) is 31.3 Å². The van der Waals surface area contributed by atoms with E-state index >= 15 is 0 Å². The Hall–Kier alpha value is -2.07. The van der Waals surface area contributed by atoms with Crippen molar-refractivity contribution in [3.05, 3.63) is 59.9 Å². The second-order valence-electron chi connectivity index (χ2n) is 5.24. The molecule has 2 aromatic rings. The smallest absolute Gasteiger partial charge is 0.123 e. The highest BCUT2D eigenvalue weighted by Gasteiger charge is 2.19. The minimum atomic E-state index is -0.200. The molecule has 0 unspecified atom stereocenters. The number of benzene rings is 2. The Bertz CT molecular complexity index is 592. The van der Waals surface area contributed by atoms with Gasteiger partial charge in [0.05, 0.1) is 6.61 Å². The van der Waals surface area contributed by atoms with E-state index in [0.717, 1.165) is 43.1 Å². The minimum Gasteiger partial charge on any atom is -0.392 e. The fourth-order valence-electron chi connectivity index (χ4n) is 2.81. The van der Waals surface area contributed by atoms with Gasteiger partial charge in [-0.3, -0.25) is 0 Å². The minimum absolute atomic E-state index is 0.0638. The van der Waals surface area contributed by atoms with Gasteiger partial charge < -0.3 is 14.9 Å². The summed E-state index contributed by atoms with van der Waals surface area (Å²) < 4.78 is 13.0. The Labute approximate surface area is 124 Å².